The zero-order valence-electron chi connectivity index (χ0n) is 10.2. The van der Waals surface area contributed by atoms with Crippen molar-refractivity contribution in [3.05, 3.63) is 34.3 Å². The molecule has 1 fully saturated rings. The standard InChI is InChI=1S/C14H17BrN2O/c15-11-4-2-1-3-10(11)14-17-12-7-9(8-16)5-6-13(12)18-14/h1-4,9,12-13H,5-8,16H2. The second-order valence-corrected chi connectivity index (χ2v) is 5.91. The van der Waals surface area contributed by atoms with E-state index in [1.807, 2.05) is 24.3 Å². The molecule has 0 amide bonds. The maximum atomic E-state index is 6.00. The second-order valence-electron chi connectivity index (χ2n) is 5.05. The van der Waals surface area contributed by atoms with Crippen LogP contribution in [0.5, 0.6) is 0 Å². The van der Waals surface area contributed by atoms with Crippen LogP contribution in [0.15, 0.2) is 33.7 Å². The van der Waals surface area contributed by atoms with Crippen molar-refractivity contribution in [3.8, 4) is 0 Å². The summed E-state index contributed by atoms with van der Waals surface area (Å²) in [5.74, 6) is 1.40. The van der Waals surface area contributed by atoms with Gasteiger partial charge in [0.25, 0.3) is 0 Å². The van der Waals surface area contributed by atoms with Crippen LogP contribution >= 0.6 is 15.9 Å². The highest BCUT2D eigenvalue weighted by atomic mass is 79.9. The lowest BCUT2D eigenvalue weighted by Crippen LogP contribution is -2.33. The molecule has 0 radical (unpaired) electrons. The van der Waals surface area contributed by atoms with Gasteiger partial charge in [-0.25, -0.2) is 4.99 Å². The Morgan fingerprint density at radius 2 is 2.17 bits per heavy atom. The highest BCUT2D eigenvalue weighted by Gasteiger charge is 2.37. The molecular weight excluding hydrogens is 292 g/mol. The van der Waals surface area contributed by atoms with Crippen LogP contribution in [-0.2, 0) is 4.74 Å². The maximum absolute atomic E-state index is 6.00. The summed E-state index contributed by atoms with van der Waals surface area (Å²) in [5, 5.41) is 0. The minimum atomic E-state index is 0.259. The van der Waals surface area contributed by atoms with Gasteiger partial charge in [0, 0.05) is 4.47 Å². The molecule has 18 heavy (non-hydrogen) atoms. The number of halogens is 1. The number of hydrogen-bond acceptors (Lipinski definition) is 3. The van der Waals surface area contributed by atoms with Crippen LogP contribution in [0.3, 0.4) is 0 Å². The molecule has 2 aliphatic rings. The van der Waals surface area contributed by atoms with Crippen LogP contribution in [0.25, 0.3) is 0 Å². The van der Waals surface area contributed by atoms with Crippen LogP contribution in [0, 0.1) is 5.92 Å². The molecule has 3 unspecified atom stereocenters. The molecule has 0 saturated heterocycles. The van der Waals surface area contributed by atoms with Crippen molar-refractivity contribution >= 4 is 21.8 Å². The van der Waals surface area contributed by atoms with Gasteiger partial charge in [-0.1, -0.05) is 12.1 Å². The van der Waals surface area contributed by atoms with Crippen LogP contribution in [-0.4, -0.2) is 24.6 Å². The van der Waals surface area contributed by atoms with E-state index in [-0.39, 0.29) is 6.10 Å². The van der Waals surface area contributed by atoms with Crippen molar-refractivity contribution < 1.29 is 4.74 Å². The molecule has 1 aromatic rings. The monoisotopic (exact) mass is 308 g/mol. The number of hydrogen-bond donors (Lipinski definition) is 1. The first-order valence-electron chi connectivity index (χ1n) is 6.47. The van der Waals surface area contributed by atoms with E-state index in [1.54, 1.807) is 0 Å². The fourth-order valence-electron chi connectivity index (χ4n) is 2.78. The zero-order valence-corrected chi connectivity index (χ0v) is 11.8. The minimum absolute atomic E-state index is 0.259. The molecule has 1 aliphatic heterocycles. The largest absolute Gasteiger partial charge is 0.472 e. The Labute approximate surface area is 116 Å². The van der Waals surface area contributed by atoms with Gasteiger partial charge in [-0.15, -0.1) is 0 Å². The average molecular weight is 309 g/mol. The number of aliphatic imine (C=N–C) groups is 1. The predicted octanol–water partition coefficient (Wildman–Crippen LogP) is 2.72. The summed E-state index contributed by atoms with van der Waals surface area (Å²) in [7, 11) is 0. The Morgan fingerprint density at radius 3 is 2.94 bits per heavy atom. The van der Waals surface area contributed by atoms with Crippen LogP contribution in [0.2, 0.25) is 0 Å². The third-order valence-electron chi connectivity index (χ3n) is 3.85. The molecule has 1 heterocycles. The van der Waals surface area contributed by atoms with Crippen molar-refractivity contribution in [2.75, 3.05) is 6.54 Å². The quantitative estimate of drug-likeness (QED) is 0.913. The van der Waals surface area contributed by atoms with E-state index >= 15 is 0 Å². The lowest BCUT2D eigenvalue weighted by molar-refractivity contribution is 0.130. The Bertz CT molecular complexity index is 475. The van der Waals surface area contributed by atoms with E-state index in [2.05, 4.69) is 15.9 Å². The van der Waals surface area contributed by atoms with E-state index in [9.17, 15) is 0 Å². The van der Waals surface area contributed by atoms with Crippen molar-refractivity contribution in [2.24, 2.45) is 16.6 Å². The zero-order chi connectivity index (χ0) is 12.5. The second kappa shape index (κ2) is 5.02. The van der Waals surface area contributed by atoms with Gasteiger partial charge in [0.2, 0.25) is 5.90 Å². The first-order chi connectivity index (χ1) is 8.78. The van der Waals surface area contributed by atoms with E-state index in [1.165, 1.54) is 0 Å². The molecule has 3 atom stereocenters. The normalized spacial score (nSPS) is 30.6. The van der Waals surface area contributed by atoms with Crippen LogP contribution in [0.1, 0.15) is 24.8 Å². The molecular formula is C14H17BrN2O. The topological polar surface area (TPSA) is 47.6 Å². The lowest BCUT2D eigenvalue weighted by atomic mass is 9.84. The molecule has 2 N–H and O–H groups in total. The van der Waals surface area contributed by atoms with Crippen molar-refractivity contribution in [3.63, 3.8) is 0 Å². The summed E-state index contributed by atoms with van der Waals surface area (Å²) < 4.78 is 7.04. The lowest BCUT2D eigenvalue weighted by Gasteiger charge is -2.28. The number of ether oxygens (including phenoxy) is 1. The fourth-order valence-corrected chi connectivity index (χ4v) is 3.24. The first kappa shape index (κ1) is 12.2. The van der Waals surface area contributed by atoms with E-state index in [4.69, 9.17) is 15.5 Å². The summed E-state index contributed by atoms with van der Waals surface area (Å²) >= 11 is 3.55. The average Bonchev–Trinajstić information content (AvgIpc) is 2.81. The van der Waals surface area contributed by atoms with Gasteiger partial charge in [-0.3, -0.25) is 0 Å². The van der Waals surface area contributed by atoms with Gasteiger partial charge < -0.3 is 10.5 Å². The summed E-state index contributed by atoms with van der Waals surface area (Å²) in [4.78, 5) is 4.75. The molecule has 1 aliphatic carbocycles. The molecule has 1 saturated carbocycles. The number of nitrogens with two attached hydrogens (primary N) is 1. The molecule has 96 valence electrons. The molecule has 0 bridgehead atoms. The summed E-state index contributed by atoms with van der Waals surface area (Å²) in [6.45, 7) is 0.767. The Morgan fingerprint density at radius 1 is 1.33 bits per heavy atom. The van der Waals surface area contributed by atoms with E-state index < -0.39 is 0 Å². The summed E-state index contributed by atoms with van der Waals surface area (Å²) in [6, 6.07) is 8.37. The van der Waals surface area contributed by atoms with Gasteiger partial charge >= 0.3 is 0 Å². The number of rotatable bonds is 2. The van der Waals surface area contributed by atoms with Crippen LogP contribution in [0.4, 0.5) is 0 Å². The fraction of sp³-hybridized carbons (Fsp3) is 0.500. The SMILES string of the molecule is NCC1CCC2OC(c3ccccc3Br)=NC2C1. The number of nitrogens with zero attached hydrogens (tertiary/aromatic N) is 1. The highest BCUT2D eigenvalue weighted by molar-refractivity contribution is 9.10. The molecule has 1 aromatic carbocycles. The Kier molecular flexibility index (Phi) is 3.39. The number of benzene rings is 1. The van der Waals surface area contributed by atoms with Gasteiger partial charge in [0.15, 0.2) is 0 Å². The molecule has 0 aromatic heterocycles. The summed E-state index contributed by atoms with van der Waals surface area (Å²) in [6.07, 6.45) is 3.56. The van der Waals surface area contributed by atoms with Crippen molar-refractivity contribution in [2.45, 2.75) is 31.4 Å². The van der Waals surface area contributed by atoms with Gasteiger partial charge in [-0.05, 0) is 59.8 Å². The molecule has 3 nitrogen and oxygen atoms in total. The Hall–Kier alpha value is -0.870. The van der Waals surface area contributed by atoms with Crippen molar-refractivity contribution in [1.29, 1.82) is 0 Å². The van der Waals surface area contributed by atoms with Gasteiger partial charge in [-0.2, -0.15) is 0 Å². The van der Waals surface area contributed by atoms with E-state index in [0.717, 1.165) is 41.7 Å². The predicted molar refractivity (Wildman–Crippen MR) is 75.7 cm³/mol. The van der Waals surface area contributed by atoms with Crippen molar-refractivity contribution in [1.82, 2.24) is 0 Å². The molecule has 3 rings (SSSR count). The molecule has 0 spiro atoms. The molecule has 4 heteroatoms. The maximum Gasteiger partial charge on any atom is 0.217 e. The van der Waals surface area contributed by atoms with Crippen LogP contribution < -0.4 is 5.73 Å². The Balaban J connectivity index is 1.82. The minimum Gasteiger partial charge on any atom is -0.472 e. The first-order valence-corrected chi connectivity index (χ1v) is 7.26. The highest BCUT2D eigenvalue weighted by Crippen LogP contribution is 2.34. The van der Waals surface area contributed by atoms with Gasteiger partial charge in [0.05, 0.1) is 11.6 Å². The van der Waals surface area contributed by atoms with Gasteiger partial charge in [0.1, 0.15) is 6.10 Å². The van der Waals surface area contributed by atoms with E-state index in [0.29, 0.717) is 12.0 Å². The third kappa shape index (κ3) is 2.19. The third-order valence-corrected chi connectivity index (χ3v) is 4.54. The number of fused-ring (bicyclic) bond motifs is 1. The smallest absolute Gasteiger partial charge is 0.217 e. The summed E-state index contributed by atoms with van der Waals surface area (Å²) in [5.41, 5.74) is 6.81.